The van der Waals surface area contributed by atoms with Gasteiger partial charge in [0.25, 0.3) is 0 Å². The Bertz CT molecular complexity index is 458. The molecule has 1 aromatic carbocycles. The van der Waals surface area contributed by atoms with Gasteiger partial charge in [-0.3, -0.25) is 0 Å². The second-order valence-corrected chi connectivity index (χ2v) is 4.17. The second-order valence-electron chi connectivity index (χ2n) is 3.42. The molecule has 0 fully saturated rings. The van der Waals surface area contributed by atoms with E-state index < -0.39 is 11.7 Å². The molecule has 1 rings (SSSR count). The summed E-state index contributed by atoms with van der Waals surface area (Å²) in [6.45, 7) is 1.87. The SMILES string of the molecule is CCCc1c(Cl)c(Cl)c(OC)c(O)c1C(=O)O. The number of carboxylic acid groups (broad SMARTS) is 1. The molecule has 0 aliphatic rings. The molecule has 0 amide bonds. The van der Waals surface area contributed by atoms with Crippen LogP contribution in [0.15, 0.2) is 0 Å². The van der Waals surface area contributed by atoms with E-state index in [9.17, 15) is 9.90 Å². The van der Waals surface area contributed by atoms with E-state index in [-0.39, 0.29) is 21.4 Å². The Labute approximate surface area is 109 Å². The summed E-state index contributed by atoms with van der Waals surface area (Å²) in [7, 11) is 1.28. The van der Waals surface area contributed by atoms with Crippen molar-refractivity contribution in [3.05, 3.63) is 21.2 Å². The number of methoxy groups -OCH3 is 1. The first-order chi connectivity index (χ1) is 7.95. The zero-order valence-corrected chi connectivity index (χ0v) is 10.9. The van der Waals surface area contributed by atoms with Crippen LogP contribution in [-0.4, -0.2) is 23.3 Å². The average molecular weight is 279 g/mol. The summed E-state index contributed by atoms with van der Waals surface area (Å²) >= 11 is 11.9. The highest BCUT2D eigenvalue weighted by Crippen LogP contribution is 2.45. The average Bonchev–Trinajstić information content (AvgIpc) is 2.26. The highest BCUT2D eigenvalue weighted by molar-refractivity contribution is 6.44. The van der Waals surface area contributed by atoms with E-state index in [2.05, 4.69) is 0 Å². The van der Waals surface area contributed by atoms with Crippen molar-refractivity contribution < 1.29 is 19.7 Å². The molecule has 0 heterocycles. The number of aromatic carboxylic acids is 1. The van der Waals surface area contributed by atoms with Gasteiger partial charge in [0.15, 0.2) is 11.5 Å². The van der Waals surface area contributed by atoms with Gasteiger partial charge in [0.1, 0.15) is 10.6 Å². The molecule has 0 unspecified atom stereocenters. The number of ether oxygens (including phenoxy) is 1. The van der Waals surface area contributed by atoms with Crippen LogP contribution in [0, 0.1) is 0 Å². The molecule has 1 aromatic rings. The summed E-state index contributed by atoms with van der Waals surface area (Å²) in [4.78, 5) is 11.1. The highest BCUT2D eigenvalue weighted by atomic mass is 35.5. The van der Waals surface area contributed by atoms with E-state index in [1.807, 2.05) is 6.92 Å². The number of carboxylic acids is 1. The van der Waals surface area contributed by atoms with Crippen molar-refractivity contribution in [2.45, 2.75) is 19.8 Å². The molecule has 0 aromatic heterocycles. The van der Waals surface area contributed by atoms with Gasteiger partial charge >= 0.3 is 5.97 Å². The van der Waals surface area contributed by atoms with Crippen molar-refractivity contribution in [2.75, 3.05) is 7.11 Å². The molecule has 0 spiro atoms. The lowest BCUT2D eigenvalue weighted by molar-refractivity contribution is 0.0691. The van der Waals surface area contributed by atoms with Crippen LogP contribution in [0.3, 0.4) is 0 Å². The van der Waals surface area contributed by atoms with Crippen molar-refractivity contribution in [3.8, 4) is 11.5 Å². The molecular formula is C11H12Cl2O4. The molecule has 0 aliphatic heterocycles. The number of aromatic hydroxyl groups is 1. The third kappa shape index (κ3) is 2.42. The van der Waals surface area contributed by atoms with Gasteiger partial charge in [-0.1, -0.05) is 36.5 Å². The van der Waals surface area contributed by atoms with Gasteiger partial charge in [-0.2, -0.15) is 0 Å². The van der Waals surface area contributed by atoms with E-state index in [0.29, 0.717) is 18.4 Å². The van der Waals surface area contributed by atoms with Crippen LogP contribution in [0.4, 0.5) is 0 Å². The van der Waals surface area contributed by atoms with Crippen LogP contribution in [0.5, 0.6) is 11.5 Å². The Morgan fingerprint density at radius 2 is 1.94 bits per heavy atom. The lowest BCUT2D eigenvalue weighted by Crippen LogP contribution is -2.06. The maximum Gasteiger partial charge on any atom is 0.339 e. The molecular weight excluding hydrogens is 267 g/mol. The summed E-state index contributed by atoms with van der Waals surface area (Å²) < 4.78 is 4.85. The smallest absolute Gasteiger partial charge is 0.339 e. The number of carbonyl (C=O) groups is 1. The van der Waals surface area contributed by atoms with Gasteiger partial charge in [-0.05, 0) is 12.0 Å². The van der Waals surface area contributed by atoms with Gasteiger partial charge in [-0.15, -0.1) is 0 Å². The standard InChI is InChI=1S/C11H12Cl2O4/c1-3-4-5-6(11(15)16)9(14)10(17-2)8(13)7(5)12/h14H,3-4H2,1-2H3,(H,15,16). The predicted molar refractivity (Wildman–Crippen MR) is 65.6 cm³/mol. The molecule has 6 heteroatoms. The molecule has 2 N–H and O–H groups in total. The van der Waals surface area contributed by atoms with Crippen molar-refractivity contribution in [2.24, 2.45) is 0 Å². The number of benzene rings is 1. The number of hydrogen-bond acceptors (Lipinski definition) is 3. The number of rotatable bonds is 4. The van der Waals surface area contributed by atoms with Crippen LogP contribution < -0.4 is 4.74 Å². The molecule has 4 nitrogen and oxygen atoms in total. The van der Waals surface area contributed by atoms with Crippen LogP contribution >= 0.6 is 23.2 Å². The number of phenols is 1. The zero-order valence-electron chi connectivity index (χ0n) is 9.38. The predicted octanol–water partition coefficient (Wildman–Crippen LogP) is 3.36. The van der Waals surface area contributed by atoms with E-state index >= 15 is 0 Å². The van der Waals surface area contributed by atoms with Gasteiger partial charge in [0.05, 0.1) is 12.1 Å². The van der Waals surface area contributed by atoms with Gasteiger partial charge in [-0.25, -0.2) is 4.79 Å². The topological polar surface area (TPSA) is 66.8 Å². The van der Waals surface area contributed by atoms with Gasteiger partial charge in [0, 0.05) is 0 Å². The molecule has 0 saturated carbocycles. The van der Waals surface area contributed by atoms with Crippen molar-refractivity contribution in [1.82, 2.24) is 0 Å². The Hall–Kier alpha value is -1.13. The Kier molecular flexibility index (Phi) is 4.48. The summed E-state index contributed by atoms with van der Waals surface area (Å²) in [6.07, 6.45) is 1.10. The quantitative estimate of drug-likeness (QED) is 0.886. The molecule has 0 bridgehead atoms. The molecule has 0 aliphatic carbocycles. The summed E-state index contributed by atoms with van der Waals surface area (Å²) in [5.74, 6) is -1.87. The maximum atomic E-state index is 11.1. The monoisotopic (exact) mass is 278 g/mol. The van der Waals surface area contributed by atoms with Crippen LogP contribution in [-0.2, 0) is 6.42 Å². The zero-order chi connectivity index (χ0) is 13.2. The molecule has 17 heavy (non-hydrogen) atoms. The van der Waals surface area contributed by atoms with Gasteiger partial charge in [0.2, 0.25) is 0 Å². The van der Waals surface area contributed by atoms with Crippen molar-refractivity contribution in [3.63, 3.8) is 0 Å². The fraction of sp³-hybridized carbons (Fsp3) is 0.364. The van der Waals surface area contributed by atoms with E-state index in [1.54, 1.807) is 0 Å². The van der Waals surface area contributed by atoms with Crippen LogP contribution in [0.1, 0.15) is 29.3 Å². The van der Waals surface area contributed by atoms with E-state index in [0.717, 1.165) is 0 Å². The molecule has 0 saturated heterocycles. The first-order valence-corrected chi connectivity index (χ1v) is 5.71. The minimum Gasteiger partial charge on any atom is -0.504 e. The summed E-state index contributed by atoms with van der Waals surface area (Å²) in [5.41, 5.74) is 0.0723. The largest absolute Gasteiger partial charge is 0.504 e. The lowest BCUT2D eigenvalue weighted by Gasteiger charge is -2.15. The van der Waals surface area contributed by atoms with Crippen LogP contribution in [0.25, 0.3) is 0 Å². The van der Waals surface area contributed by atoms with E-state index in [4.69, 9.17) is 33.0 Å². The third-order valence-corrected chi connectivity index (χ3v) is 3.20. The number of halogens is 2. The van der Waals surface area contributed by atoms with Crippen molar-refractivity contribution in [1.29, 1.82) is 0 Å². The normalized spacial score (nSPS) is 10.4. The summed E-state index contributed by atoms with van der Waals surface area (Å²) in [6, 6.07) is 0. The fourth-order valence-corrected chi connectivity index (χ4v) is 2.16. The Balaban J connectivity index is 3.64. The molecule has 0 radical (unpaired) electrons. The Morgan fingerprint density at radius 1 is 1.35 bits per heavy atom. The first-order valence-electron chi connectivity index (χ1n) is 4.95. The van der Waals surface area contributed by atoms with Crippen molar-refractivity contribution >= 4 is 29.2 Å². The third-order valence-electron chi connectivity index (χ3n) is 2.33. The van der Waals surface area contributed by atoms with E-state index in [1.165, 1.54) is 7.11 Å². The number of hydrogen-bond donors (Lipinski definition) is 2. The molecule has 0 atom stereocenters. The molecule has 94 valence electrons. The first kappa shape index (κ1) is 13.9. The van der Waals surface area contributed by atoms with Crippen LogP contribution in [0.2, 0.25) is 10.0 Å². The summed E-state index contributed by atoms with van der Waals surface area (Å²) in [5, 5.41) is 19.1. The fourth-order valence-electron chi connectivity index (χ4n) is 1.60. The maximum absolute atomic E-state index is 11.1. The minimum absolute atomic E-state index is 0.0279. The second kappa shape index (κ2) is 5.47. The highest BCUT2D eigenvalue weighted by Gasteiger charge is 2.26. The lowest BCUT2D eigenvalue weighted by atomic mass is 10.0. The Morgan fingerprint density at radius 3 is 2.35 bits per heavy atom. The minimum atomic E-state index is -1.26. The van der Waals surface area contributed by atoms with Gasteiger partial charge < -0.3 is 14.9 Å².